The van der Waals surface area contributed by atoms with E-state index in [4.69, 9.17) is 5.73 Å². The van der Waals surface area contributed by atoms with Crippen LogP contribution in [0.25, 0.3) is 0 Å². The molecule has 0 fully saturated rings. The average molecular weight is 199 g/mol. The van der Waals surface area contributed by atoms with Gasteiger partial charge in [0, 0.05) is 6.21 Å². The Balaban J connectivity index is 2.32. The number of aliphatic imine (C=N–C) groups is 1. The Morgan fingerprint density at radius 1 is 1.62 bits per heavy atom. The maximum absolute atomic E-state index is 11.0. The molecule has 1 atom stereocenters. The highest BCUT2D eigenvalue weighted by Gasteiger charge is 2.12. The number of allylic oxidation sites excluding steroid dienone is 1. The summed E-state index contributed by atoms with van der Waals surface area (Å²) in [5.41, 5.74) is 4.50. The number of nitrogens with zero attached hydrogens (tertiary/aromatic N) is 1. The molecule has 1 unspecified atom stereocenters. The summed E-state index contributed by atoms with van der Waals surface area (Å²) in [7, 11) is 0. The number of amides is 2. The molecule has 1 rings (SSSR count). The topological polar surface area (TPSA) is 84.5 Å². The number of hydrogen-bond donors (Lipinski definition) is 2. The summed E-state index contributed by atoms with van der Waals surface area (Å²) in [6, 6.07) is 0. The molecule has 0 bridgehead atoms. The van der Waals surface area contributed by atoms with Crippen molar-refractivity contribution in [2.45, 2.75) is 11.9 Å². The standard InChI is InChI=1S/C7H9N3O2S/c8-5(11)4-6(12)10-7-9-2-1-3-13-7/h1-3,7H,4H2,(H2,8,11)(H,10,12). The summed E-state index contributed by atoms with van der Waals surface area (Å²) in [5, 5.41) is 4.33. The van der Waals surface area contributed by atoms with E-state index in [0.29, 0.717) is 0 Å². The zero-order chi connectivity index (χ0) is 9.68. The molecule has 13 heavy (non-hydrogen) atoms. The van der Waals surface area contributed by atoms with Crippen molar-refractivity contribution in [2.75, 3.05) is 0 Å². The van der Waals surface area contributed by atoms with E-state index in [9.17, 15) is 9.59 Å². The van der Waals surface area contributed by atoms with E-state index in [2.05, 4.69) is 10.3 Å². The molecule has 1 heterocycles. The molecule has 0 radical (unpaired) electrons. The molecule has 0 spiro atoms. The molecule has 5 nitrogen and oxygen atoms in total. The second-order valence-electron chi connectivity index (χ2n) is 2.33. The van der Waals surface area contributed by atoms with E-state index in [1.165, 1.54) is 11.8 Å². The summed E-state index contributed by atoms with van der Waals surface area (Å²) in [6.45, 7) is 0. The first kappa shape index (κ1) is 9.79. The van der Waals surface area contributed by atoms with Gasteiger partial charge in [-0.1, -0.05) is 11.8 Å². The fraction of sp³-hybridized carbons (Fsp3) is 0.286. The molecule has 0 saturated carbocycles. The smallest absolute Gasteiger partial charge is 0.231 e. The molecule has 70 valence electrons. The van der Waals surface area contributed by atoms with Crippen LogP contribution >= 0.6 is 11.8 Å². The van der Waals surface area contributed by atoms with E-state index in [1.54, 1.807) is 12.3 Å². The van der Waals surface area contributed by atoms with Crippen molar-refractivity contribution in [3.05, 3.63) is 11.5 Å². The predicted octanol–water partition coefficient (Wildman–Crippen LogP) is -0.407. The minimum atomic E-state index is -0.641. The maximum Gasteiger partial charge on any atom is 0.231 e. The molecule has 1 aliphatic heterocycles. The fourth-order valence-corrected chi connectivity index (χ4v) is 1.39. The van der Waals surface area contributed by atoms with Gasteiger partial charge >= 0.3 is 0 Å². The maximum atomic E-state index is 11.0. The molecule has 0 aliphatic carbocycles. The van der Waals surface area contributed by atoms with Crippen molar-refractivity contribution in [2.24, 2.45) is 10.7 Å². The van der Waals surface area contributed by atoms with Crippen LogP contribution in [0.4, 0.5) is 0 Å². The van der Waals surface area contributed by atoms with Crippen molar-refractivity contribution in [3.8, 4) is 0 Å². The number of carbonyl (C=O) groups excluding carboxylic acids is 2. The van der Waals surface area contributed by atoms with Gasteiger partial charge in [0.1, 0.15) is 6.42 Å². The Kier molecular flexibility index (Phi) is 3.51. The Labute approximate surface area is 79.5 Å². The van der Waals surface area contributed by atoms with Crippen LogP contribution in [0.15, 0.2) is 16.5 Å². The van der Waals surface area contributed by atoms with Crippen LogP contribution in [0.2, 0.25) is 0 Å². The third-order valence-corrected chi connectivity index (χ3v) is 2.02. The van der Waals surface area contributed by atoms with Crippen LogP contribution in [-0.4, -0.2) is 23.5 Å². The summed E-state index contributed by atoms with van der Waals surface area (Å²) in [6.07, 6.45) is 3.06. The van der Waals surface area contributed by atoms with E-state index in [0.717, 1.165) is 0 Å². The van der Waals surface area contributed by atoms with Gasteiger partial charge in [0.2, 0.25) is 11.8 Å². The van der Waals surface area contributed by atoms with Crippen molar-refractivity contribution in [1.82, 2.24) is 5.32 Å². The van der Waals surface area contributed by atoms with Crippen LogP contribution in [0.3, 0.4) is 0 Å². The Morgan fingerprint density at radius 3 is 2.92 bits per heavy atom. The Hall–Kier alpha value is -1.30. The lowest BCUT2D eigenvalue weighted by molar-refractivity contribution is -0.127. The zero-order valence-electron chi connectivity index (χ0n) is 6.77. The number of rotatable bonds is 3. The number of carbonyl (C=O) groups is 2. The van der Waals surface area contributed by atoms with Crippen molar-refractivity contribution >= 4 is 29.8 Å². The van der Waals surface area contributed by atoms with Gasteiger partial charge in [0.05, 0.1) is 0 Å². The Bertz CT molecular complexity index is 275. The second kappa shape index (κ2) is 4.66. The number of nitrogens with one attached hydrogen (secondary N) is 1. The summed E-state index contributed by atoms with van der Waals surface area (Å²) in [5.74, 6) is -1.05. The molecule has 3 N–H and O–H groups in total. The number of primary amides is 1. The predicted molar refractivity (Wildman–Crippen MR) is 51.0 cm³/mol. The van der Waals surface area contributed by atoms with Crippen LogP contribution in [0, 0.1) is 0 Å². The first-order valence-corrected chi connectivity index (χ1v) is 4.54. The van der Waals surface area contributed by atoms with Gasteiger partial charge in [0.15, 0.2) is 5.50 Å². The van der Waals surface area contributed by atoms with E-state index in [-0.39, 0.29) is 11.9 Å². The molecular formula is C7H9N3O2S. The third-order valence-electron chi connectivity index (χ3n) is 1.21. The highest BCUT2D eigenvalue weighted by atomic mass is 32.2. The van der Waals surface area contributed by atoms with Gasteiger partial charge in [-0.2, -0.15) is 0 Å². The summed E-state index contributed by atoms with van der Waals surface area (Å²) < 4.78 is 0. The first-order chi connectivity index (χ1) is 6.18. The van der Waals surface area contributed by atoms with Crippen molar-refractivity contribution < 1.29 is 9.59 Å². The molecule has 1 aliphatic rings. The highest BCUT2D eigenvalue weighted by molar-refractivity contribution is 8.02. The average Bonchev–Trinajstić information content (AvgIpc) is 2.04. The Morgan fingerprint density at radius 2 is 2.38 bits per heavy atom. The molecule has 0 aromatic carbocycles. The summed E-state index contributed by atoms with van der Waals surface area (Å²) in [4.78, 5) is 25.3. The quantitative estimate of drug-likeness (QED) is 0.606. The van der Waals surface area contributed by atoms with Crippen LogP contribution in [0.5, 0.6) is 0 Å². The lowest BCUT2D eigenvalue weighted by Crippen LogP contribution is -2.34. The molecular weight excluding hydrogens is 190 g/mol. The van der Waals surface area contributed by atoms with Gasteiger partial charge in [-0.05, 0) is 11.5 Å². The largest absolute Gasteiger partial charge is 0.369 e. The van der Waals surface area contributed by atoms with Gasteiger partial charge in [-0.15, -0.1) is 0 Å². The van der Waals surface area contributed by atoms with Crippen molar-refractivity contribution in [3.63, 3.8) is 0 Å². The summed E-state index contributed by atoms with van der Waals surface area (Å²) >= 11 is 1.36. The fourth-order valence-electron chi connectivity index (χ4n) is 0.736. The lowest BCUT2D eigenvalue weighted by atomic mass is 10.4. The first-order valence-electron chi connectivity index (χ1n) is 3.60. The number of thioether (sulfide) groups is 1. The molecule has 0 saturated heterocycles. The highest BCUT2D eigenvalue weighted by Crippen LogP contribution is 2.13. The molecule has 0 aromatic rings. The van der Waals surface area contributed by atoms with Gasteiger partial charge in [-0.25, -0.2) is 0 Å². The number of nitrogens with two attached hydrogens (primary N) is 1. The van der Waals surface area contributed by atoms with Crippen LogP contribution in [0.1, 0.15) is 6.42 Å². The zero-order valence-corrected chi connectivity index (χ0v) is 7.58. The van der Waals surface area contributed by atoms with Gasteiger partial charge in [0.25, 0.3) is 0 Å². The van der Waals surface area contributed by atoms with Gasteiger partial charge in [-0.3, -0.25) is 14.6 Å². The van der Waals surface area contributed by atoms with Crippen LogP contribution < -0.4 is 11.1 Å². The number of hydrogen-bond acceptors (Lipinski definition) is 4. The SMILES string of the molecule is NC(=O)CC(=O)NC1N=CC=CS1. The van der Waals surface area contributed by atoms with Crippen LogP contribution in [-0.2, 0) is 9.59 Å². The monoisotopic (exact) mass is 199 g/mol. The molecule has 0 aromatic heterocycles. The van der Waals surface area contributed by atoms with Gasteiger partial charge < -0.3 is 11.1 Å². The molecule has 6 heteroatoms. The minimum Gasteiger partial charge on any atom is -0.369 e. The van der Waals surface area contributed by atoms with E-state index >= 15 is 0 Å². The second-order valence-corrected chi connectivity index (χ2v) is 3.32. The third kappa shape index (κ3) is 3.75. The van der Waals surface area contributed by atoms with E-state index in [1.807, 2.05) is 5.41 Å². The van der Waals surface area contributed by atoms with Crippen molar-refractivity contribution in [1.29, 1.82) is 0 Å². The van der Waals surface area contributed by atoms with E-state index < -0.39 is 11.8 Å². The lowest BCUT2D eigenvalue weighted by Gasteiger charge is -2.12. The molecule has 2 amide bonds. The minimum absolute atomic E-state index is 0.295. The normalized spacial score (nSPS) is 19.8.